The van der Waals surface area contributed by atoms with E-state index in [1.165, 1.54) is 5.56 Å². The smallest absolute Gasteiger partial charge is 0.227 e. The number of fused-ring (bicyclic) bond motifs is 1. The Hall–Kier alpha value is -3.42. The SMILES string of the molecule is COc1ccc(N2CC(C(=O)NCC3(c4ccc5c(c4)OCCO5)CCCC3)CC2=O)cc1OC. The molecule has 1 unspecified atom stereocenters. The molecule has 1 saturated carbocycles. The molecule has 186 valence electrons. The van der Waals surface area contributed by atoms with Crippen molar-refractivity contribution < 1.29 is 28.5 Å². The van der Waals surface area contributed by atoms with Gasteiger partial charge in [0.05, 0.1) is 20.1 Å². The Balaban J connectivity index is 1.27. The zero-order valence-electron chi connectivity index (χ0n) is 20.3. The second-order valence-corrected chi connectivity index (χ2v) is 9.51. The fourth-order valence-electron chi connectivity index (χ4n) is 5.52. The van der Waals surface area contributed by atoms with Gasteiger partial charge < -0.3 is 29.2 Å². The van der Waals surface area contributed by atoms with Crippen molar-refractivity contribution in [1.82, 2.24) is 5.32 Å². The van der Waals surface area contributed by atoms with Gasteiger partial charge in [0.25, 0.3) is 0 Å². The lowest BCUT2D eigenvalue weighted by Crippen LogP contribution is -2.42. The molecule has 5 rings (SSSR count). The number of ether oxygens (including phenoxy) is 4. The van der Waals surface area contributed by atoms with Gasteiger partial charge in [-0.05, 0) is 42.7 Å². The van der Waals surface area contributed by atoms with Gasteiger partial charge in [-0.3, -0.25) is 9.59 Å². The topological polar surface area (TPSA) is 86.3 Å². The van der Waals surface area contributed by atoms with E-state index in [0.717, 1.165) is 37.2 Å². The molecule has 1 atom stereocenters. The van der Waals surface area contributed by atoms with Crippen molar-refractivity contribution in [3.05, 3.63) is 42.0 Å². The van der Waals surface area contributed by atoms with Crippen LogP contribution in [-0.4, -0.2) is 52.3 Å². The molecule has 0 aromatic heterocycles. The van der Waals surface area contributed by atoms with Crippen molar-refractivity contribution in [2.24, 2.45) is 5.92 Å². The summed E-state index contributed by atoms with van der Waals surface area (Å²) in [6.45, 7) is 2.00. The third-order valence-electron chi connectivity index (χ3n) is 7.49. The van der Waals surface area contributed by atoms with E-state index >= 15 is 0 Å². The van der Waals surface area contributed by atoms with E-state index in [9.17, 15) is 9.59 Å². The Bertz CT molecular complexity index is 1110. The van der Waals surface area contributed by atoms with Crippen molar-refractivity contribution >= 4 is 17.5 Å². The van der Waals surface area contributed by atoms with Gasteiger partial charge in [-0.25, -0.2) is 0 Å². The van der Waals surface area contributed by atoms with Crippen molar-refractivity contribution in [2.45, 2.75) is 37.5 Å². The van der Waals surface area contributed by atoms with Gasteiger partial charge >= 0.3 is 0 Å². The third kappa shape index (κ3) is 4.49. The molecule has 2 aromatic rings. The van der Waals surface area contributed by atoms with E-state index in [1.807, 2.05) is 12.1 Å². The highest BCUT2D eigenvalue weighted by molar-refractivity contribution is 6.00. The van der Waals surface area contributed by atoms with Crippen LogP contribution in [0, 0.1) is 5.92 Å². The molecule has 1 aliphatic carbocycles. The number of nitrogens with one attached hydrogen (secondary N) is 1. The minimum atomic E-state index is -0.394. The van der Waals surface area contributed by atoms with Crippen LogP contribution in [0.3, 0.4) is 0 Å². The molecule has 2 amide bonds. The van der Waals surface area contributed by atoms with E-state index < -0.39 is 5.92 Å². The Labute approximate surface area is 205 Å². The summed E-state index contributed by atoms with van der Waals surface area (Å²) in [5, 5.41) is 3.18. The molecule has 8 nitrogen and oxygen atoms in total. The molecule has 1 saturated heterocycles. The number of nitrogens with zero attached hydrogens (tertiary/aromatic N) is 1. The van der Waals surface area contributed by atoms with Crippen LogP contribution in [0.1, 0.15) is 37.7 Å². The van der Waals surface area contributed by atoms with Crippen LogP contribution in [-0.2, 0) is 15.0 Å². The normalized spacial score (nSPS) is 20.6. The molecule has 2 aromatic carbocycles. The number of carbonyl (C=O) groups excluding carboxylic acids is 2. The highest BCUT2D eigenvalue weighted by Crippen LogP contribution is 2.44. The molecule has 0 spiro atoms. The van der Waals surface area contributed by atoms with E-state index in [0.29, 0.717) is 43.5 Å². The summed E-state index contributed by atoms with van der Waals surface area (Å²) in [6.07, 6.45) is 4.46. The first-order valence-corrected chi connectivity index (χ1v) is 12.2. The zero-order chi connectivity index (χ0) is 24.4. The molecule has 8 heteroatoms. The van der Waals surface area contributed by atoms with Gasteiger partial charge in [0.15, 0.2) is 23.0 Å². The van der Waals surface area contributed by atoms with Crippen molar-refractivity contribution in [2.75, 3.05) is 45.4 Å². The van der Waals surface area contributed by atoms with E-state index in [-0.39, 0.29) is 23.7 Å². The average Bonchev–Trinajstić information content (AvgIpc) is 3.54. The number of benzene rings is 2. The molecule has 0 radical (unpaired) electrons. The van der Waals surface area contributed by atoms with Crippen LogP contribution in [0.4, 0.5) is 5.69 Å². The van der Waals surface area contributed by atoms with Gasteiger partial charge in [-0.1, -0.05) is 18.9 Å². The van der Waals surface area contributed by atoms with Gasteiger partial charge in [0.1, 0.15) is 13.2 Å². The Morgan fingerprint density at radius 3 is 2.51 bits per heavy atom. The number of methoxy groups -OCH3 is 2. The summed E-state index contributed by atoms with van der Waals surface area (Å²) < 4.78 is 22.1. The van der Waals surface area contributed by atoms with Crippen molar-refractivity contribution in [3.8, 4) is 23.0 Å². The molecule has 2 heterocycles. The van der Waals surface area contributed by atoms with E-state index in [1.54, 1.807) is 31.3 Å². The summed E-state index contributed by atoms with van der Waals surface area (Å²) in [7, 11) is 3.13. The summed E-state index contributed by atoms with van der Waals surface area (Å²) in [6, 6.07) is 11.5. The molecular formula is C27H32N2O6. The van der Waals surface area contributed by atoms with Crippen LogP contribution in [0.25, 0.3) is 0 Å². The number of anilines is 1. The lowest BCUT2D eigenvalue weighted by atomic mass is 9.78. The molecule has 35 heavy (non-hydrogen) atoms. The molecule has 3 aliphatic rings. The summed E-state index contributed by atoms with van der Waals surface area (Å²) >= 11 is 0. The van der Waals surface area contributed by atoms with Crippen LogP contribution in [0.15, 0.2) is 36.4 Å². The van der Waals surface area contributed by atoms with Crippen molar-refractivity contribution in [3.63, 3.8) is 0 Å². The number of amides is 2. The van der Waals surface area contributed by atoms with Gasteiger partial charge in [-0.2, -0.15) is 0 Å². The van der Waals surface area contributed by atoms with Crippen LogP contribution in [0.5, 0.6) is 23.0 Å². The number of carbonyl (C=O) groups is 2. The maximum Gasteiger partial charge on any atom is 0.227 e. The standard InChI is InChI=1S/C27H32N2O6/c1-32-21-8-6-20(15-23(21)33-2)29-16-18(13-25(29)30)26(31)28-17-27(9-3-4-10-27)19-5-7-22-24(14-19)35-12-11-34-22/h5-8,14-15,18H,3-4,9-13,16-17H2,1-2H3,(H,28,31). The first-order chi connectivity index (χ1) is 17.0. The highest BCUT2D eigenvalue weighted by Gasteiger charge is 2.39. The van der Waals surface area contributed by atoms with Crippen molar-refractivity contribution in [1.29, 1.82) is 0 Å². The number of hydrogen-bond acceptors (Lipinski definition) is 6. The Morgan fingerprint density at radius 1 is 1.03 bits per heavy atom. The first kappa shape index (κ1) is 23.3. The third-order valence-corrected chi connectivity index (χ3v) is 7.49. The lowest BCUT2D eigenvalue weighted by Gasteiger charge is -2.31. The zero-order valence-corrected chi connectivity index (χ0v) is 20.3. The quantitative estimate of drug-likeness (QED) is 0.653. The highest BCUT2D eigenvalue weighted by atomic mass is 16.6. The lowest BCUT2D eigenvalue weighted by molar-refractivity contribution is -0.126. The Morgan fingerprint density at radius 2 is 1.77 bits per heavy atom. The van der Waals surface area contributed by atoms with E-state index in [2.05, 4.69) is 17.4 Å². The minimum Gasteiger partial charge on any atom is -0.493 e. The summed E-state index contributed by atoms with van der Waals surface area (Å²) in [5.41, 5.74) is 1.75. The van der Waals surface area contributed by atoms with Gasteiger partial charge in [-0.15, -0.1) is 0 Å². The van der Waals surface area contributed by atoms with Gasteiger partial charge in [0.2, 0.25) is 11.8 Å². The number of hydrogen-bond donors (Lipinski definition) is 1. The molecule has 2 aliphatic heterocycles. The molecule has 1 N–H and O–H groups in total. The number of rotatable bonds is 7. The molecule has 0 bridgehead atoms. The summed E-state index contributed by atoms with van der Waals surface area (Å²) in [5.74, 6) is 2.15. The second-order valence-electron chi connectivity index (χ2n) is 9.51. The van der Waals surface area contributed by atoms with Gasteiger partial charge in [0, 0.05) is 36.7 Å². The van der Waals surface area contributed by atoms with Crippen LogP contribution >= 0.6 is 0 Å². The predicted octanol–water partition coefficient (Wildman–Crippen LogP) is 3.46. The monoisotopic (exact) mass is 480 g/mol. The fourth-order valence-corrected chi connectivity index (χ4v) is 5.52. The molecule has 2 fully saturated rings. The first-order valence-electron chi connectivity index (χ1n) is 12.2. The maximum absolute atomic E-state index is 13.2. The largest absolute Gasteiger partial charge is 0.493 e. The average molecular weight is 481 g/mol. The fraction of sp³-hybridized carbons (Fsp3) is 0.481. The van der Waals surface area contributed by atoms with E-state index in [4.69, 9.17) is 18.9 Å². The van der Waals surface area contributed by atoms with Crippen LogP contribution < -0.4 is 29.2 Å². The van der Waals surface area contributed by atoms with Crippen LogP contribution in [0.2, 0.25) is 0 Å². The predicted molar refractivity (Wildman–Crippen MR) is 131 cm³/mol. The second kappa shape index (κ2) is 9.68. The minimum absolute atomic E-state index is 0.0696. The maximum atomic E-state index is 13.2. The Kier molecular flexibility index (Phi) is 6.45. The molecular weight excluding hydrogens is 448 g/mol. The summed E-state index contributed by atoms with van der Waals surface area (Å²) in [4.78, 5) is 27.6.